The van der Waals surface area contributed by atoms with Gasteiger partial charge in [-0.15, -0.1) is 0 Å². The maximum absolute atomic E-state index is 13.5. The fourth-order valence-electron chi connectivity index (χ4n) is 3.49. The molecule has 0 radical (unpaired) electrons. The predicted octanol–water partition coefficient (Wildman–Crippen LogP) is 4.41. The number of carbonyl (C=O) groups excluding carboxylic acids is 1. The Morgan fingerprint density at radius 3 is 2.49 bits per heavy atom. The highest BCUT2D eigenvalue weighted by Crippen LogP contribution is 2.34. The number of carbonyl (C=O) groups is 1. The van der Waals surface area contributed by atoms with Gasteiger partial charge in [-0.1, -0.05) is 23.9 Å². The molecular weight excluding hydrogens is 488 g/mol. The molecule has 0 spiro atoms. The summed E-state index contributed by atoms with van der Waals surface area (Å²) in [4.78, 5) is 30.3. The number of halogens is 4. The Labute approximate surface area is 200 Å². The molecule has 0 bridgehead atoms. The molecule has 2 heterocycles. The van der Waals surface area contributed by atoms with Gasteiger partial charge < -0.3 is 9.72 Å². The number of hydrazone groups is 1. The van der Waals surface area contributed by atoms with E-state index in [9.17, 15) is 27.2 Å². The highest BCUT2D eigenvalue weighted by Gasteiger charge is 2.35. The monoisotopic (exact) mass is 506 g/mol. The van der Waals surface area contributed by atoms with Crippen molar-refractivity contribution in [2.45, 2.75) is 23.8 Å². The fourth-order valence-corrected chi connectivity index (χ4v) is 4.22. The van der Waals surface area contributed by atoms with Crippen molar-refractivity contribution in [2.75, 3.05) is 12.9 Å². The van der Waals surface area contributed by atoms with Crippen LogP contribution in [0.1, 0.15) is 29.3 Å². The van der Waals surface area contributed by atoms with Gasteiger partial charge in [0.2, 0.25) is 0 Å². The van der Waals surface area contributed by atoms with Gasteiger partial charge in [-0.2, -0.15) is 18.3 Å². The van der Waals surface area contributed by atoms with Gasteiger partial charge in [0.15, 0.2) is 10.9 Å². The summed E-state index contributed by atoms with van der Waals surface area (Å²) in [5.74, 6) is -0.639. The molecule has 1 unspecified atom stereocenters. The molecule has 4 rings (SSSR count). The van der Waals surface area contributed by atoms with Crippen LogP contribution in [0.25, 0.3) is 0 Å². The molecule has 2 aromatic carbocycles. The quantitative estimate of drug-likeness (QED) is 0.304. The zero-order valence-corrected chi connectivity index (χ0v) is 19.0. The molecule has 1 amide bonds. The lowest BCUT2D eigenvalue weighted by Crippen LogP contribution is -2.29. The summed E-state index contributed by atoms with van der Waals surface area (Å²) in [5, 5.41) is 5.35. The summed E-state index contributed by atoms with van der Waals surface area (Å²) in [6, 6.07) is 12.5. The first-order chi connectivity index (χ1) is 16.6. The number of ether oxygens (including phenoxy) is 1. The van der Waals surface area contributed by atoms with Gasteiger partial charge in [-0.05, 0) is 47.5 Å². The summed E-state index contributed by atoms with van der Waals surface area (Å²) in [6.07, 6.45) is -4.46. The number of nitrogens with one attached hydrogen (secondary N) is 1. The number of aromatic amines is 1. The average molecular weight is 506 g/mol. The van der Waals surface area contributed by atoms with Crippen molar-refractivity contribution in [1.82, 2.24) is 15.0 Å². The zero-order chi connectivity index (χ0) is 25.2. The molecular formula is C23H18F4N4O3S. The lowest BCUT2D eigenvalue weighted by Gasteiger charge is -2.22. The van der Waals surface area contributed by atoms with Crippen LogP contribution in [-0.2, 0) is 11.0 Å². The lowest BCUT2D eigenvalue weighted by molar-refractivity contribution is -0.141. The van der Waals surface area contributed by atoms with E-state index in [1.807, 2.05) is 0 Å². The Kier molecular flexibility index (Phi) is 6.92. The van der Waals surface area contributed by atoms with Gasteiger partial charge >= 0.3 is 6.18 Å². The highest BCUT2D eigenvalue weighted by molar-refractivity contribution is 7.99. The third-order valence-electron chi connectivity index (χ3n) is 5.19. The second-order valence-electron chi connectivity index (χ2n) is 7.51. The van der Waals surface area contributed by atoms with E-state index in [2.05, 4.69) is 15.1 Å². The first-order valence-electron chi connectivity index (χ1n) is 10.2. The van der Waals surface area contributed by atoms with Crippen molar-refractivity contribution < 1.29 is 27.1 Å². The van der Waals surface area contributed by atoms with E-state index in [0.29, 0.717) is 41.3 Å². The SMILES string of the molecule is COc1ccc(C2=NN(C(=O)CSc3nc(C(F)(F)F)cc(=O)[nH]3)C(c3ccc(F)cc3)C2)cc1. The van der Waals surface area contributed by atoms with Crippen molar-refractivity contribution >= 4 is 23.4 Å². The second kappa shape index (κ2) is 9.90. The van der Waals surface area contributed by atoms with Crippen LogP contribution >= 0.6 is 11.8 Å². The van der Waals surface area contributed by atoms with Crippen LogP contribution < -0.4 is 10.3 Å². The van der Waals surface area contributed by atoms with Gasteiger partial charge in [0.25, 0.3) is 11.5 Å². The number of methoxy groups -OCH3 is 1. The van der Waals surface area contributed by atoms with Crippen LogP contribution in [0.15, 0.2) is 69.6 Å². The number of nitrogens with zero attached hydrogens (tertiary/aromatic N) is 3. The van der Waals surface area contributed by atoms with Crippen LogP contribution in [0.4, 0.5) is 17.6 Å². The molecule has 1 aliphatic rings. The van der Waals surface area contributed by atoms with E-state index in [-0.39, 0.29) is 10.9 Å². The Morgan fingerprint density at radius 2 is 1.86 bits per heavy atom. The first kappa shape index (κ1) is 24.5. The Morgan fingerprint density at radius 1 is 1.17 bits per heavy atom. The van der Waals surface area contributed by atoms with E-state index < -0.39 is 35.2 Å². The van der Waals surface area contributed by atoms with Gasteiger partial charge in [0, 0.05) is 12.5 Å². The third-order valence-corrected chi connectivity index (χ3v) is 6.04. The molecule has 1 aliphatic heterocycles. The summed E-state index contributed by atoms with van der Waals surface area (Å²) in [7, 11) is 1.54. The standard InChI is InChI=1S/C23H18F4N4O3S/c1-34-16-8-4-13(5-9-16)17-10-18(14-2-6-15(24)7-3-14)31(30-17)21(33)12-35-22-28-19(23(25,26)27)11-20(32)29-22/h2-9,11,18H,10,12H2,1H3,(H,28,29,32). The summed E-state index contributed by atoms with van der Waals surface area (Å²) < 4.78 is 57.5. The number of alkyl halides is 3. The summed E-state index contributed by atoms with van der Waals surface area (Å²) in [6.45, 7) is 0. The van der Waals surface area contributed by atoms with Crippen molar-refractivity contribution in [3.8, 4) is 5.75 Å². The smallest absolute Gasteiger partial charge is 0.433 e. The van der Waals surface area contributed by atoms with E-state index in [4.69, 9.17) is 4.74 Å². The molecule has 7 nitrogen and oxygen atoms in total. The molecule has 35 heavy (non-hydrogen) atoms. The molecule has 12 heteroatoms. The Bertz CT molecular complexity index is 1310. The summed E-state index contributed by atoms with van der Waals surface area (Å²) in [5.41, 5.74) is -0.327. The lowest BCUT2D eigenvalue weighted by atomic mass is 9.98. The molecule has 0 saturated carbocycles. The topological polar surface area (TPSA) is 87.7 Å². The molecule has 1 atom stereocenters. The molecule has 3 aromatic rings. The van der Waals surface area contributed by atoms with Crippen molar-refractivity contribution in [1.29, 1.82) is 0 Å². The van der Waals surface area contributed by atoms with Crippen LogP contribution in [0.5, 0.6) is 5.75 Å². The average Bonchev–Trinajstić information content (AvgIpc) is 3.28. The molecule has 0 fully saturated rings. The number of benzene rings is 2. The number of thioether (sulfide) groups is 1. The predicted molar refractivity (Wildman–Crippen MR) is 121 cm³/mol. The minimum absolute atomic E-state index is 0.332. The van der Waals surface area contributed by atoms with Gasteiger partial charge in [-0.3, -0.25) is 9.59 Å². The van der Waals surface area contributed by atoms with Gasteiger partial charge in [0.1, 0.15) is 11.6 Å². The van der Waals surface area contributed by atoms with Crippen molar-refractivity contribution in [2.24, 2.45) is 5.10 Å². The fraction of sp³-hybridized carbons (Fsp3) is 0.217. The van der Waals surface area contributed by atoms with Crippen LogP contribution in [-0.4, -0.2) is 39.5 Å². The van der Waals surface area contributed by atoms with Crippen LogP contribution in [0, 0.1) is 5.82 Å². The third kappa shape index (κ3) is 5.70. The molecule has 1 N–H and O–H groups in total. The number of aromatic nitrogens is 2. The van der Waals surface area contributed by atoms with Gasteiger partial charge in [-0.25, -0.2) is 14.4 Å². The van der Waals surface area contributed by atoms with E-state index in [1.165, 1.54) is 24.3 Å². The van der Waals surface area contributed by atoms with Crippen molar-refractivity contribution in [3.05, 3.63) is 87.6 Å². The molecule has 0 saturated heterocycles. The Hall–Kier alpha value is -3.67. The van der Waals surface area contributed by atoms with E-state index in [0.717, 1.165) is 5.56 Å². The van der Waals surface area contributed by atoms with E-state index >= 15 is 0 Å². The second-order valence-corrected chi connectivity index (χ2v) is 8.47. The van der Waals surface area contributed by atoms with Crippen LogP contribution in [0.3, 0.4) is 0 Å². The number of amides is 1. The zero-order valence-electron chi connectivity index (χ0n) is 18.2. The molecule has 1 aromatic heterocycles. The first-order valence-corrected chi connectivity index (χ1v) is 11.2. The maximum Gasteiger partial charge on any atom is 0.433 e. The highest BCUT2D eigenvalue weighted by atomic mass is 32.2. The number of hydrogen-bond acceptors (Lipinski definition) is 6. The number of hydrogen-bond donors (Lipinski definition) is 1. The van der Waals surface area contributed by atoms with Crippen molar-refractivity contribution in [3.63, 3.8) is 0 Å². The number of H-pyrrole nitrogens is 1. The van der Waals surface area contributed by atoms with Crippen LogP contribution in [0.2, 0.25) is 0 Å². The minimum Gasteiger partial charge on any atom is -0.497 e. The summed E-state index contributed by atoms with van der Waals surface area (Å²) >= 11 is 0.658. The minimum atomic E-state index is -4.80. The van der Waals surface area contributed by atoms with Gasteiger partial charge in [0.05, 0.1) is 24.6 Å². The Balaban J connectivity index is 1.58. The molecule has 182 valence electrons. The largest absolute Gasteiger partial charge is 0.497 e. The number of rotatable bonds is 6. The maximum atomic E-state index is 13.5. The van der Waals surface area contributed by atoms with E-state index in [1.54, 1.807) is 36.4 Å². The normalized spacial score (nSPS) is 15.7. The molecule has 0 aliphatic carbocycles.